The Morgan fingerprint density at radius 3 is 2.85 bits per heavy atom. The number of piperidine rings is 1. The fraction of sp³-hybridized carbons (Fsp3) is 0.684. The van der Waals surface area contributed by atoms with Gasteiger partial charge < -0.3 is 14.2 Å². The second-order valence-corrected chi connectivity index (χ2v) is 7.84. The monoisotopic (exact) mass is 370 g/mol. The van der Waals surface area contributed by atoms with Gasteiger partial charge in [-0.1, -0.05) is 6.42 Å². The van der Waals surface area contributed by atoms with Crippen LogP contribution in [-0.4, -0.2) is 55.5 Å². The van der Waals surface area contributed by atoms with Crippen molar-refractivity contribution in [2.45, 2.75) is 64.0 Å². The molecule has 3 aliphatic heterocycles. The zero-order valence-electron chi connectivity index (χ0n) is 15.6. The number of nitrogens with one attached hydrogen (secondary N) is 1. The second-order valence-electron chi connectivity index (χ2n) is 7.84. The summed E-state index contributed by atoms with van der Waals surface area (Å²) in [5.74, 6) is 2.69. The van der Waals surface area contributed by atoms with E-state index >= 15 is 0 Å². The first-order chi connectivity index (χ1) is 13.3. The van der Waals surface area contributed by atoms with Crippen LogP contribution in [0.1, 0.15) is 71.4 Å². The minimum atomic E-state index is 0.0246. The van der Waals surface area contributed by atoms with E-state index in [4.69, 9.17) is 4.74 Å². The summed E-state index contributed by atoms with van der Waals surface area (Å²) in [7, 11) is 0. The topological polar surface area (TPSA) is 88.9 Å². The third-order valence-corrected chi connectivity index (χ3v) is 6.18. The van der Waals surface area contributed by atoms with Crippen molar-refractivity contribution >= 4 is 5.91 Å². The van der Waals surface area contributed by atoms with E-state index < -0.39 is 0 Å². The standard InChI is InChI=1S/C19H26N6O2/c26-19(17-14-12-27-11-7-15(14)20-22-17)24-9-5-13(6-10-24)18-23-21-16-4-2-1-3-8-25(16)18/h13H,1-12H2,(H,20,22). The maximum absolute atomic E-state index is 13.0. The number of carbonyl (C=O) groups excluding carboxylic acids is 1. The summed E-state index contributed by atoms with van der Waals surface area (Å²) in [6.45, 7) is 3.70. The minimum Gasteiger partial charge on any atom is -0.376 e. The van der Waals surface area contributed by atoms with Crippen molar-refractivity contribution in [1.29, 1.82) is 0 Å². The molecule has 2 aromatic rings. The molecule has 1 N–H and O–H groups in total. The van der Waals surface area contributed by atoms with Crippen LogP contribution >= 0.6 is 0 Å². The molecule has 3 aliphatic rings. The van der Waals surface area contributed by atoms with E-state index in [2.05, 4.69) is 25.0 Å². The molecule has 2 aromatic heterocycles. The Labute approximate surface area is 158 Å². The van der Waals surface area contributed by atoms with Gasteiger partial charge >= 0.3 is 0 Å². The summed E-state index contributed by atoms with van der Waals surface area (Å²) in [5.41, 5.74) is 2.53. The number of aryl methyl sites for hydroxylation is 1. The number of hydrogen-bond donors (Lipinski definition) is 1. The van der Waals surface area contributed by atoms with Crippen molar-refractivity contribution in [2.24, 2.45) is 0 Å². The van der Waals surface area contributed by atoms with E-state index in [9.17, 15) is 4.79 Å². The number of amides is 1. The van der Waals surface area contributed by atoms with Gasteiger partial charge in [-0.05, 0) is 25.7 Å². The molecule has 27 heavy (non-hydrogen) atoms. The van der Waals surface area contributed by atoms with Crippen LogP contribution in [0, 0.1) is 0 Å². The number of hydrogen-bond acceptors (Lipinski definition) is 5. The van der Waals surface area contributed by atoms with Gasteiger partial charge in [0, 0.05) is 49.7 Å². The number of carbonyl (C=O) groups is 1. The predicted molar refractivity (Wildman–Crippen MR) is 97.4 cm³/mol. The zero-order chi connectivity index (χ0) is 18.2. The van der Waals surface area contributed by atoms with Crippen LogP contribution in [0.3, 0.4) is 0 Å². The molecule has 144 valence electrons. The van der Waals surface area contributed by atoms with Crippen LogP contribution < -0.4 is 0 Å². The van der Waals surface area contributed by atoms with Crippen LogP contribution in [-0.2, 0) is 30.7 Å². The minimum absolute atomic E-state index is 0.0246. The number of aromatic nitrogens is 5. The fourth-order valence-electron chi connectivity index (χ4n) is 4.59. The van der Waals surface area contributed by atoms with E-state index in [0.717, 1.165) is 68.2 Å². The third kappa shape index (κ3) is 3.05. The molecule has 0 saturated carbocycles. The molecule has 0 aromatic carbocycles. The van der Waals surface area contributed by atoms with Crippen LogP contribution in [0.4, 0.5) is 0 Å². The van der Waals surface area contributed by atoms with Gasteiger partial charge in [0.1, 0.15) is 11.6 Å². The van der Waals surface area contributed by atoms with Crippen molar-refractivity contribution in [3.8, 4) is 0 Å². The third-order valence-electron chi connectivity index (χ3n) is 6.18. The maximum Gasteiger partial charge on any atom is 0.274 e. The molecule has 0 radical (unpaired) electrons. The Bertz CT molecular complexity index is 833. The molecule has 1 amide bonds. The first kappa shape index (κ1) is 16.9. The number of likely N-dealkylation sites (tertiary alicyclic amines) is 1. The van der Waals surface area contributed by atoms with Crippen LogP contribution in [0.25, 0.3) is 0 Å². The quantitative estimate of drug-likeness (QED) is 0.871. The van der Waals surface area contributed by atoms with E-state index in [1.54, 1.807) is 0 Å². The molecule has 5 rings (SSSR count). The Hall–Kier alpha value is -2.22. The Morgan fingerprint density at radius 1 is 1.07 bits per heavy atom. The normalized spacial score (nSPS) is 20.8. The van der Waals surface area contributed by atoms with Gasteiger partial charge in [0.25, 0.3) is 5.91 Å². The molecule has 1 fully saturated rings. The molecule has 0 unspecified atom stereocenters. The van der Waals surface area contributed by atoms with Crippen molar-refractivity contribution in [1.82, 2.24) is 29.9 Å². The lowest BCUT2D eigenvalue weighted by atomic mass is 9.95. The predicted octanol–water partition coefficient (Wildman–Crippen LogP) is 1.82. The van der Waals surface area contributed by atoms with Crippen LogP contribution in [0.15, 0.2) is 0 Å². The highest BCUT2D eigenvalue weighted by molar-refractivity contribution is 5.94. The summed E-state index contributed by atoms with van der Waals surface area (Å²) >= 11 is 0. The smallest absolute Gasteiger partial charge is 0.274 e. The summed E-state index contributed by atoms with van der Waals surface area (Å²) in [5, 5.41) is 16.3. The van der Waals surface area contributed by atoms with Crippen LogP contribution in [0.2, 0.25) is 0 Å². The Balaban J connectivity index is 1.27. The number of aromatic amines is 1. The summed E-state index contributed by atoms with van der Waals surface area (Å²) in [6, 6.07) is 0. The molecule has 8 heteroatoms. The molecule has 0 aliphatic carbocycles. The van der Waals surface area contributed by atoms with Crippen molar-refractivity contribution in [3.05, 3.63) is 28.6 Å². The van der Waals surface area contributed by atoms with Crippen LogP contribution in [0.5, 0.6) is 0 Å². The van der Waals surface area contributed by atoms with Gasteiger partial charge in [-0.25, -0.2) is 0 Å². The van der Waals surface area contributed by atoms with Crippen molar-refractivity contribution in [3.63, 3.8) is 0 Å². The molecule has 8 nitrogen and oxygen atoms in total. The average molecular weight is 370 g/mol. The molecule has 0 atom stereocenters. The van der Waals surface area contributed by atoms with Gasteiger partial charge in [-0.2, -0.15) is 5.10 Å². The lowest BCUT2D eigenvalue weighted by Gasteiger charge is -2.31. The lowest BCUT2D eigenvalue weighted by molar-refractivity contribution is 0.0692. The SMILES string of the molecule is O=C(c1n[nH]c2c1COCC2)N1CCC(c2nnc3n2CCCCC3)CC1. The van der Waals surface area contributed by atoms with E-state index in [0.29, 0.717) is 24.8 Å². The summed E-state index contributed by atoms with van der Waals surface area (Å²) < 4.78 is 7.86. The molecule has 0 bridgehead atoms. The Morgan fingerprint density at radius 2 is 1.96 bits per heavy atom. The summed E-state index contributed by atoms with van der Waals surface area (Å²) in [4.78, 5) is 14.9. The highest BCUT2D eigenvalue weighted by Gasteiger charge is 2.31. The average Bonchev–Trinajstić information content (AvgIpc) is 3.25. The second kappa shape index (κ2) is 7.07. The van der Waals surface area contributed by atoms with Gasteiger partial charge in [0.05, 0.1) is 13.2 Å². The van der Waals surface area contributed by atoms with Gasteiger partial charge in [-0.3, -0.25) is 9.89 Å². The maximum atomic E-state index is 13.0. The molecular formula is C19H26N6O2. The molecule has 0 spiro atoms. The fourth-order valence-corrected chi connectivity index (χ4v) is 4.59. The van der Waals surface area contributed by atoms with Gasteiger partial charge in [-0.15, -0.1) is 10.2 Å². The van der Waals surface area contributed by atoms with E-state index in [-0.39, 0.29) is 5.91 Å². The number of H-pyrrole nitrogens is 1. The number of ether oxygens (including phenoxy) is 1. The highest BCUT2D eigenvalue weighted by Crippen LogP contribution is 2.30. The van der Waals surface area contributed by atoms with Gasteiger partial charge in [0.2, 0.25) is 0 Å². The van der Waals surface area contributed by atoms with E-state index in [1.165, 1.54) is 19.3 Å². The molecular weight excluding hydrogens is 344 g/mol. The Kier molecular flexibility index (Phi) is 4.43. The first-order valence-corrected chi connectivity index (χ1v) is 10.2. The molecule has 1 saturated heterocycles. The zero-order valence-corrected chi connectivity index (χ0v) is 15.6. The summed E-state index contributed by atoms with van der Waals surface area (Å²) in [6.07, 6.45) is 7.41. The van der Waals surface area contributed by atoms with E-state index in [1.807, 2.05) is 4.90 Å². The van der Waals surface area contributed by atoms with Crippen molar-refractivity contribution < 1.29 is 9.53 Å². The lowest BCUT2D eigenvalue weighted by Crippen LogP contribution is -2.39. The largest absolute Gasteiger partial charge is 0.376 e. The number of nitrogens with zero attached hydrogens (tertiary/aromatic N) is 5. The van der Waals surface area contributed by atoms with Crippen molar-refractivity contribution in [2.75, 3.05) is 19.7 Å². The number of fused-ring (bicyclic) bond motifs is 2. The molecule has 5 heterocycles. The highest BCUT2D eigenvalue weighted by atomic mass is 16.5. The van der Waals surface area contributed by atoms with Gasteiger partial charge in [0.15, 0.2) is 5.69 Å². The number of rotatable bonds is 2. The first-order valence-electron chi connectivity index (χ1n) is 10.2.